The number of nitrogens with zero attached hydrogens (tertiary/aromatic N) is 1. The Kier molecular flexibility index (Phi) is 3.92. The molecule has 1 atom stereocenters. The first-order chi connectivity index (χ1) is 5.72. The summed E-state index contributed by atoms with van der Waals surface area (Å²) in [4.78, 5) is 13.4. The highest BCUT2D eigenvalue weighted by Gasteiger charge is 2.18. The predicted octanol–water partition coefficient (Wildman–Crippen LogP) is 1.71. The summed E-state index contributed by atoms with van der Waals surface area (Å²) in [5.41, 5.74) is 0. The second-order valence-electron chi connectivity index (χ2n) is 3.42. The van der Waals surface area contributed by atoms with Crippen LogP contribution in [0.4, 0.5) is 0 Å². The monoisotopic (exact) mass is 187 g/mol. The first kappa shape index (κ1) is 9.90. The third-order valence-electron chi connectivity index (χ3n) is 2.28. The Morgan fingerprint density at radius 3 is 2.17 bits per heavy atom. The van der Waals surface area contributed by atoms with Gasteiger partial charge in [0.25, 0.3) is 0 Å². The van der Waals surface area contributed by atoms with E-state index in [4.69, 9.17) is 0 Å². The second-order valence-corrected chi connectivity index (χ2v) is 4.19. The largest absolute Gasteiger partial charge is 0.342 e. The van der Waals surface area contributed by atoms with Gasteiger partial charge in [0.05, 0.1) is 5.25 Å². The highest BCUT2D eigenvalue weighted by atomic mass is 32.1. The van der Waals surface area contributed by atoms with Crippen LogP contribution in [0.5, 0.6) is 0 Å². The summed E-state index contributed by atoms with van der Waals surface area (Å²) in [5, 5.41) is -0.136. The van der Waals surface area contributed by atoms with Crippen molar-refractivity contribution in [3.05, 3.63) is 0 Å². The minimum absolute atomic E-state index is 0.136. The molecule has 1 aliphatic heterocycles. The van der Waals surface area contributed by atoms with Crippen molar-refractivity contribution in [3.8, 4) is 0 Å². The molecule has 1 amide bonds. The number of hydrogen-bond donors (Lipinski definition) is 1. The lowest BCUT2D eigenvalue weighted by Crippen LogP contribution is -2.36. The van der Waals surface area contributed by atoms with Crippen LogP contribution in [0.2, 0.25) is 0 Å². The molecule has 12 heavy (non-hydrogen) atoms. The van der Waals surface area contributed by atoms with Gasteiger partial charge in [-0.05, 0) is 19.8 Å². The number of likely N-dealkylation sites (tertiary alicyclic amines) is 1. The molecule has 0 aliphatic carbocycles. The molecule has 1 fully saturated rings. The molecule has 70 valence electrons. The van der Waals surface area contributed by atoms with Gasteiger partial charge in [-0.15, -0.1) is 0 Å². The van der Waals surface area contributed by atoms with Gasteiger partial charge in [-0.3, -0.25) is 4.79 Å². The van der Waals surface area contributed by atoms with E-state index in [0.29, 0.717) is 0 Å². The van der Waals surface area contributed by atoms with Gasteiger partial charge in [0.15, 0.2) is 0 Å². The molecule has 3 heteroatoms. The van der Waals surface area contributed by atoms with Gasteiger partial charge in [0.2, 0.25) is 5.91 Å². The molecule has 0 aromatic rings. The van der Waals surface area contributed by atoms with Crippen LogP contribution in [0.1, 0.15) is 32.6 Å². The normalized spacial score (nSPS) is 21.7. The van der Waals surface area contributed by atoms with E-state index >= 15 is 0 Å². The number of thiol groups is 1. The third-order valence-corrected chi connectivity index (χ3v) is 2.50. The fourth-order valence-electron chi connectivity index (χ4n) is 1.56. The number of hydrogen-bond acceptors (Lipinski definition) is 2. The maximum atomic E-state index is 11.5. The quantitative estimate of drug-likeness (QED) is 0.620. The van der Waals surface area contributed by atoms with Crippen LogP contribution >= 0.6 is 12.6 Å². The molecular formula is C9H17NOS. The van der Waals surface area contributed by atoms with Gasteiger partial charge in [0.1, 0.15) is 0 Å². The van der Waals surface area contributed by atoms with Crippen molar-refractivity contribution >= 4 is 18.5 Å². The SMILES string of the molecule is CC(S)C(=O)N1CCCCCC1. The molecule has 1 aliphatic rings. The molecular weight excluding hydrogens is 170 g/mol. The zero-order valence-corrected chi connectivity index (χ0v) is 8.52. The number of carbonyl (C=O) groups is 1. The average Bonchev–Trinajstić information content (AvgIpc) is 2.30. The maximum absolute atomic E-state index is 11.5. The summed E-state index contributed by atoms with van der Waals surface area (Å²) < 4.78 is 0. The van der Waals surface area contributed by atoms with E-state index in [1.165, 1.54) is 12.8 Å². The molecule has 1 heterocycles. The van der Waals surface area contributed by atoms with Crippen LogP contribution in [0.25, 0.3) is 0 Å². The summed E-state index contributed by atoms with van der Waals surface area (Å²) >= 11 is 4.15. The van der Waals surface area contributed by atoms with Crippen LogP contribution < -0.4 is 0 Å². The zero-order valence-electron chi connectivity index (χ0n) is 7.62. The molecule has 2 nitrogen and oxygen atoms in total. The van der Waals surface area contributed by atoms with E-state index < -0.39 is 0 Å². The zero-order chi connectivity index (χ0) is 8.97. The lowest BCUT2D eigenvalue weighted by atomic mass is 10.2. The Labute approximate surface area is 79.7 Å². The molecule has 0 bridgehead atoms. The molecule has 1 saturated heterocycles. The van der Waals surface area contributed by atoms with Gasteiger partial charge < -0.3 is 4.90 Å². The van der Waals surface area contributed by atoms with E-state index in [1.54, 1.807) is 0 Å². The average molecular weight is 187 g/mol. The summed E-state index contributed by atoms with van der Waals surface area (Å²) in [6, 6.07) is 0. The van der Waals surface area contributed by atoms with Gasteiger partial charge >= 0.3 is 0 Å². The van der Waals surface area contributed by atoms with Gasteiger partial charge in [-0.1, -0.05) is 12.8 Å². The Morgan fingerprint density at radius 2 is 1.75 bits per heavy atom. The van der Waals surface area contributed by atoms with E-state index in [2.05, 4.69) is 12.6 Å². The minimum Gasteiger partial charge on any atom is -0.342 e. The van der Waals surface area contributed by atoms with E-state index in [1.807, 2.05) is 11.8 Å². The Bertz CT molecular complexity index is 151. The van der Waals surface area contributed by atoms with Crippen LogP contribution in [-0.4, -0.2) is 29.1 Å². The van der Waals surface area contributed by atoms with Crippen LogP contribution in [0.15, 0.2) is 0 Å². The number of rotatable bonds is 1. The minimum atomic E-state index is -0.136. The summed E-state index contributed by atoms with van der Waals surface area (Å²) in [7, 11) is 0. The Balaban J connectivity index is 2.43. The second kappa shape index (κ2) is 4.75. The van der Waals surface area contributed by atoms with Crippen molar-refractivity contribution in [2.24, 2.45) is 0 Å². The third kappa shape index (κ3) is 2.70. The topological polar surface area (TPSA) is 20.3 Å². The van der Waals surface area contributed by atoms with Crippen molar-refractivity contribution in [2.75, 3.05) is 13.1 Å². The molecule has 0 aromatic carbocycles. The van der Waals surface area contributed by atoms with E-state index in [-0.39, 0.29) is 11.2 Å². The Morgan fingerprint density at radius 1 is 1.25 bits per heavy atom. The molecule has 0 spiro atoms. The highest BCUT2D eigenvalue weighted by molar-refractivity contribution is 7.81. The van der Waals surface area contributed by atoms with E-state index in [0.717, 1.165) is 25.9 Å². The van der Waals surface area contributed by atoms with Gasteiger partial charge in [-0.25, -0.2) is 0 Å². The first-order valence-corrected chi connectivity index (χ1v) is 5.20. The Hall–Kier alpha value is -0.180. The molecule has 1 unspecified atom stereocenters. The summed E-state index contributed by atoms with van der Waals surface area (Å²) in [5.74, 6) is 0.195. The fourth-order valence-corrected chi connectivity index (χ4v) is 1.72. The predicted molar refractivity (Wildman–Crippen MR) is 53.5 cm³/mol. The van der Waals surface area contributed by atoms with Crippen LogP contribution in [0, 0.1) is 0 Å². The van der Waals surface area contributed by atoms with Crippen LogP contribution in [0.3, 0.4) is 0 Å². The smallest absolute Gasteiger partial charge is 0.235 e. The van der Waals surface area contributed by atoms with Crippen LogP contribution in [-0.2, 0) is 4.79 Å². The summed E-state index contributed by atoms with van der Waals surface area (Å²) in [6.07, 6.45) is 4.86. The standard InChI is InChI=1S/C9H17NOS/c1-8(12)9(11)10-6-4-2-3-5-7-10/h8,12H,2-7H2,1H3. The van der Waals surface area contributed by atoms with Crippen molar-refractivity contribution in [1.29, 1.82) is 0 Å². The van der Waals surface area contributed by atoms with Crippen molar-refractivity contribution < 1.29 is 4.79 Å². The number of amides is 1. The van der Waals surface area contributed by atoms with E-state index in [9.17, 15) is 4.79 Å². The fraction of sp³-hybridized carbons (Fsp3) is 0.889. The summed E-state index contributed by atoms with van der Waals surface area (Å²) in [6.45, 7) is 3.71. The molecule has 0 aromatic heterocycles. The van der Waals surface area contributed by atoms with Crippen molar-refractivity contribution in [1.82, 2.24) is 4.90 Å². The van der Waals surface area contributed by atoms with Gasteiger partial charge in [-0.2, -0.15) is 12.6 Å². The number of carbonyl (C=O) groups excluding carboxylic acids is 1. The maximum Gasteiger partial charge on any atom is 0.235 e. The molecule has 0 saturated carbocycles. The lowest BCUT2D eigenvalue weighted by Gasteiger charge is -2.21. The lowest BCUT2D eigenvalue weighted by molar-refractivity contribution is -0.130. The molecule has 0 radical (unpaired) electrons. The van der Waals surface area contributed by atoms with Gasteiger partial charge in [0, 0.05) is 13.1 Å². The highest BCUT2D eigenvalue weighted by Crippen LogP contribution is 2.11. The van der Waals surface area contributed by atoms with Crippen molar-refractivity contribution in [2.45, 2.75) is 37.9 Å². The molecule has 0 N–H and O–H groups in total. The first-order valence-electron chi connectivity index (χ1n) is 4.68. The molecule has 1 rings (SSSR count). The van der Waals surface area contributed by atoms with Crippen molar-refractivity contribution in [3.63, 3.8) is 0 Å².